The highest BCUT2D eigenvalue weighted by atomic mass is 16.5. The number of hydrogen-bond donors (Lipinski definition) is 0. The fourth-order valence-corrected chi connectivity index (χ4v) is 1.82. The zero-order valence-electron chi connectivity index (χ0n) is 10.8. The molecule has 94 valence electrons. The summed E-state index contributed by atoms with van der Waals surface area (Å²) in [7, 11) is 3.03. The Morgan fingerprint density at radius 2 is 2.06 bits per heavy atom. The van der Waals surface area contributed by atoms with Gasteiger partial charge in [0.25, 0.3) is 0 Å². The van der Waals surface area contributed by atoms with Crippen LogP contribution in [0.5, 0.6) is 0 Å². The Balaban J connectivity index is 2.61. The second-order valence-electron chi connectivity index (χ2n) is 3.96. The van der Waals surface area contributed by atoms with Gasteiger partial charge in [-0.1, -0.05) is 0 Å². The van der Waals surface area contributed by atoms with Crippen LogP contribution in [-0.2, 0) is 11.8 Å². The van der Waals surface area contributed by atoms with Crippen LogP contribution in [0.2, 0.25) is 0 Å². The highest BCUT2D eigenvalue weighted by Crippen LogP contribution is 2.22. The van der Waals surface area contributed by atoms with E-state index in [1.54, 1.807) is 13.2 Å². The fraction of sp³-hybridized carbons (Fsp3) is 0.333. The average molecular weight is 246 g/mol. The minimum atomic E-state index is -0.432. The molecule has 2 aromatic rings. The minimum Gasteiger partial charge on any atom is -0.464 e. The van der Waals surface area contributed by atoms with Crippen molar-refractivity contribution in [2.24, 2.45) is 7.05 Å². The van der Waals surface area contributed by atoms with Gasteiger partial charge in [-0.2, -0.15) is 5.10 Å². The number of carbonyl (C=O) groups excluding carboxylic acids is 1. The molecular weight excluding hydrogens is 232 g/mol. The van der Waals surface area contributed by atoms with E-state index in [0.29, 0.717) is 22.8 Å². The molecule has 0 aliphatic heterocycles. The van der Waals surface area contributed by atoms with Gasteiger partial charge in [0.15, 0.2) is 5.69 Å². The maximum atomic E-state index is 11.7. The Morgan fingerprint density at radius 1 is 1.33 bits per heavy atom. The molecule has 0 bridgehead atoms. The Morgan fingerprint density at radius 3 is 2.67 bits per heavy atom. The van der Waals surface area contributed by atoms with Crippen molar-refractivity contribution in [1.29, 1.82) is 0 Å². The van der Waals surface area contributed by atoms with E-state index in [1.807, 2.05) is 19.9 Å². The minimum absolute atomic E-state index is 0.384. The van der Waals surface area contributed by atoms with E-state index in [4.69, 9.17) is 4.74 Å². The van der Waals surface area contributed by atoms with Gasteiger partial charge in [-0.15, -0.1) is 0 Å². The van der Waals surface area contributed by atoms with Crippen LogP contribution < -0.4 is 0 Å². The lowest BCUT2D eigenvalue weighted by Gasteiger charge is -2.05. The molecule has 0 radical (unpaired) electrons. The molecule has 0 fully saturated rings. The number of ether oxygens (including phenoxy) is 1. The molecule has 2 heterocycles. The first-order chi connectivity index (χ1) is 8.52. The Kier molecular flexibility index (Phi) is 3.10. The van der Waals surface area contributed by atoms with Crippen molar-refractivity contribution in [2.45, 2.75) is 13.8 Å². The zero-order chi connectivity index (χ0) is 13.3. The average Bonchev–Trinajstić information content (AvgIpc) is 2.69. The first kappa shape index (κ1) is 12.2. The second kappa shape index (κ2) is 4.56. The standard InChI is InChI=1S/C12H14N4O2/c1-7-5-10(15-8(2)14-7)9-6-13-16(3)11(9)12(17)18-4/h5-6H,1-4H3. The number of rotatable bonds is 2. The van der Waals surface area contributed by atoms with Crippen molar-refractivity contribution < 1.29 is 9.53 Å². The van der Waals surface area contributed by atoms with Crippen LogP contribution in [0.3, 0.4) is 0 Å². The number of hydrogen-bond acceptors (Lipinski definition) is 5. The van der Waals surface area contributed by atoms with Crippen LogP contribution in [-0.4, -0.2) is 32.8 Å². The summed E-state index contributed by atoms with van der Waals surface area (Å²) in [5.74, 6) is 0.226. The number of carbonyl (C=O) groups is 1. The van der Waals surface area contributed by atoms with E-state index in [2.05, 4.69) is 15.1 Å². The van der Waals surface area contributed by atoms with Crippen molar-refractivity contribution in [1.82, 2.24) is 19.7 Å². The Labute approximate surface area is 105 Å². The van der Waals surface area contributed by atoms with Gasteiger partial charge in [0.2, 0.25) is 0 Å². The smallest absolute Gasteiger partial charge is 0.357 e. The topological polar surface area (TPSA) is 69.9 Å². The van der Waals surface area contributed by atoms with Crippen LogP contribution in [0.15, 0.2) is 12.3 Å². The van der Waals surface area contributed by atoms with Crippen molar-refractivity contribution >= 4 is 5.97 Å². The molecule has 6 heteroatoms. The number of nitrogens with zero attached hydrogens (tertiary/aromatic N) is 4. The summed E-state index contributed by atoms with van der Waals surface area (Å²) in [6.45, 7) is 3.69. The lowest BCUT2D eigenvalue weighted by Crippen LogP contribution is -2.10. The van der Waals surface area contributed by atoms with Gasteiger partial charge in [-0.3, -0.25) is 4.68 Å². The maximum absolute atomic E-state index is 11.7. The van der Waals surface area contributed by atoms with Gasteiger partial charge in [0.1, 0.15) is 5.82 Å². The largest absolute Gasteiger partial charge is 0.464 e. The number of methoxy groups -OCH3 is 1. The van der Waals surface area contributed by atoms with E-state index in [1.165, 1.54) is 11.8 Å². The van der Waals surface area contributed by atoms with Crippen molar-refractivity contribution in [3.63, 3.8) is 0 Å². The Bertz CT molecular complexity index is 584. The summed E-state index contributed by atoms with van der Waals surface area (Å²) in [4.78, 5) is 20.3. The molecule has 0 saturated carbocycles. The van der Waals surface area contributed by atoms with Crippen LogP contribution in [0.4, 0.5) is 0 Å². The van der Waals surface area contributed by atoms with Gasteiger partial charge in [-0.25, -0.2) is 14.8 Å². The summed E-state index contributed by atoms with van der Waals surface area (Å²) in [5.41, 5.74) is 2.55. The first-order valence-corrected chi connectivity index (χ1v) is 5.46. The van der Waals surface area contributed by atoms with E-state index in [-0.39, 0.29) is 0 Å². The third kappa shape index (κ3) is 2.09. The molecule has 18 heavy (non-hydrogen) atoms. The molecule has 0 atom stereocenters. The Hall–Kier alpha value is -2.24. The third-order valence-corrected chi connectivity index (χ3v) is 2.56. The number of aromatic nitrogens is 4. The predicted octanol–water partition coefficient (Wildman–Crippen LogP) is 1.28. The van der Waals surface area contributed by atoms with Crippen LogP contribution in [0.25, 0.3) is 11.3 Å². The van der Waals surface area contributed by atoms with Gasteiger partial charge < -0.3 is 4.74 Å². The van der Waals surface area contributed by atoms with E-state index < -0.39 is 5.97 Å². The highest BCUT2D eigenvalue weighted by Gasteiger charge is 2.19. The molecule has 0 amide bonds. The van der Waals surface area contributed by atoms with Crippen LogP contribution >= 0.6 is 0 Å². The summed E-state index contributed by atoms with van der Waals surface area (Å²) >= 11 is 0. The van der Waals surface area contributed by atoms with Crippen LogP contribution in [0.1, 0.15) is 22.0 Å². The van der Waals surface area contributed by atoms with Gasteiger partial charge >= 0.3 is 5.97 Å². The molecule has 6 nitrogen and oxygen atoms in total. The van der Waals surface area contributed by atoms with Crippen molar-refractivity contribution in [3.05, 3.63) is 29.5 Å². The zero-order valence-corrected chi connectivity index (χ0v) is 10.8. The molecule has 0 unspecified atom stereocenters. The molecule has 0 spiro atoms. The number of aryl methyl sites for hydroxylation is 3. The van der Waals surface area contributed by atoms with Crippen molar-refractivity contribution in [3.8, 4) is 11.3 Å². The summed E-state index contributed by atoms with van der Waals surface area (Å²) in [6.07, 6.45) is 1.60. The molecule has 2 aromatic heterocycles. The molecule has 0 aliphatic carbocycles. The SMILES string of the molecule is COC(=O)c1c(-c2cc(C)nc(C)n2)cnn1C. The summed E-state index contributed by atoms with van der Waals surface area (Å²) in [6, 6.07) is 1.82. The van der Waals surface area contributed by atoms with Gasteiger partial charge in [0, 0.05) is 12.7 Å². The maximum Gasteiger partial charge on any atom is 0.357 e. The molecule has 0 aliphatic rings. The first-order valence-electron chi connectivity index (χ1n) is 5.46. The van der Waals surface area contributed by atoms with Crippen molar-refractivity contribution in [2.75, 3.05) is 7.11 Å². The molecule has 0 aromatic carbocycles. The molecule has 2 rings (SSSR count). The van der Waals surface area contributed by atoms with E-state index >= 15 is 0 Å². The normalized spacial score (nSPS) is 10.4. The predicted molar refractivity (Wildman–Crippen MR) is 65.0 cm³/mol. The van der Waals surface area contributed by atoms with Crippen LogP contribution in [0, 0.1) is 13.8 Å². The molecular formula is C12H14N4O2. The summed E-state index contributed by atoms with van der Waals surface area (Å²) in [5, 5.41) is 4.08. The lowest BCUT2D eigenvalue weighted by atomic mass is 10.1. The van der Waals surface area contributed by atoms with E-state index in [9.17, 15) is 4.79 Å². The summed E-state index contributed by atoms with van der Waals surface area (Å²) < 4.78 is 6.23. The third-order valence-electron chi connectivity index (χ3n) is 2.56. The molecule has 0 saturated heterocycles. The van der Waals surface area contributed by atoms with E-state index in [0.717, 1.165) is 5.69 Å². The second-order valence-corrected chi connectivity index (χ2v) is 3.96. The lowest BCUT2D eigenvalue weighted by molar-refractivity contribution is 0.0589. The quantitative estimate of drug-likeness (QED) is 0.746. The molecule has 0 N–H and O–H groups in total. The van der Waals surface area contributed by atoms with Gasteiger partial charge in [0.05, 0.1) is 24.6 Å². The van der Waals surface area contributed by atoms with Gasteiger partial charge in [-0.05, 0) is 19.9 Å². The monoisotopic (exact) mass is 246 g/mol. The fourth-order valence-electron chi connectivity index (χ4n) is 1.82. The highest BCUT2D eigenvalue weighted by molar-refractivity contribution is 5.94. The number of esters is 1.